The topological polar surface area (TPSA) is 78.5 Å². The Morgan fingerprint density at radius 1 is 1.31 bits per heavy atom. The summed E-state index contributed by atoms with van der Waals surface area (Å²) in [7, 11) is -0.400. The molecule has 1 aromatic carbocycles. The third-order valence-corrected chi connectivity index (χ3v) is 6.67. The van der Waals surface area contributed by atoms with Crippen LogP contribution in [0.4, 0.5) is 0 Å². The molecular formula is C18H30ClN3O3S. The number of sulfonamides is 1. The molecule has 0 spiro atoms. The minimum Gasteiger partial charge on any atom is -0.352 e. The van der Waals surface area contributed by atoms with Crippen molar-refractivity contribution >= 4 is 28.3 Å². The van der Waals surface area contributed by atoms with Gasteiger partial charge in [0.1, 0.15) is 0 Å². The Labute approximate surface area is 163 Å². The van der Waals surface area contributed by atoms with E-state index in [4.69, 9.17) is 0 Å². The third kappa shape index (κ3) is 6.23. The van der Waals surface area contributed by atoms with E-state index >= 15 is 0 Å². The second-order valence-corrected chi connectivity index (χ2v) is 9.15. The Balaban J connectivity index is 0.00000338. The summed E-state index contributed by atoms with van der Waals surface area (Å²) in [5, 5.41) is 6.32. The van der Waals surface area contributed by atoms with E-state index in [1.54, 1.807) is 24.3 Å². The number of carbonyl (C=O) groups excluding carboxylic acids is 1. The molecule has 1 fully saturated rings. The fraction of sp³-hybridized carbons (Fsp3) is 0.611. The van der Waals surface area contributed by atoms with Gasteiger partial charge in [-0.15, -0.1) is 12.4 Å². The summed E-state index contributed by atoms with van der Waals surface area (Å²) in [4.78, 5) is 12.4. The first kappa shape index (κ1) is 22.9. The predicted octanol–water partition coefficient (Wildman–Crippen LogP) is 2.00. The standard InChI is InChI=1S/C18H29N3O3S.ClH/c1-14(16-5-4-10-19-13-16)11-18(22)20-12-15-6-8-17(9-7-15)25(23,24)21(2)3;/h6-9,14,16,19H,4-5,10-13H2,1-3H3,(H,20,22);1H. The van der Waals surface area contributed by atoms with Crippen LogP contribution in [0.25, 0.3) is 0 Å². The summed E-state index contributed by atoms with van der Waals surface area (Å²) < 4.78 is 25.2. The van der Waals surface area contributed by atoms with Gasteiger partial charge in [0.15, 0.2) is 0 Å². The van der Waals surface area contributed by atoms with Crippen LogP contribution in [-0.4, -0.2) is 45.8 Å². The van der Waals surface area contributed by atoms with Crippen LogP contribution in [0.15, 0.2) is 29.2 Å². The third-order valence-electron chi connectivity index (χ3n) is 4.84. The van der Waals surface area contributed by atoms with E-state index in [0.717, 1.165) is 18.7 Å². The molecule has 1 aromatic rings. The van der Waals surface area contributed by atoms with Crippen LogP contribution in [-0.2, 0) is 21.4 Å². The fourth-order valence-electron chi connectivity index (χ4n) is 3.09. The van der Waals surface area contributed by atoms with E-state index in [1.807, 2.05) is 0 Å². The van der Waals surface area contributed by atoms with Crippen molar-refractivity contribution in [3.8, 4) is 0 Å². The van der Waals surface area contributed by atoms with Crippen LogP contribution in [0.3, 0.4) is 0 Å². The Bertz CT molecular complexity index is 671. The second-order valence-electron chi connectivity index (χ2n) is 7.00. The van der Waals surface area contributed by atoms with Gasteiger partial charge in [-0.2, -0.15) is 0 Å². The van der Waals surface area contributed by atoms with E-state index < -0.39 is 10.0 Å². The zero-order valence-corrected chi connectivity index (χ0v) is 17.3. The molecule has 0 bridgehead atoms. The average Bonchev–Trinajstić information content (AvgIpc) is 2.61. The first-order valence-corrected chi connectivity index (χ1v) is 10.2. The number of amides is 1. The molecule has 0 radical (unpaired) electrons. The van der Waals surface area contributed by atoms with E-state index in [0.29, 0.717) is 24.8 Å². The molecule has 1 saturated heterocycles. The van der Waals surface area contributed by atoms with Gasteiger partial charge in [0, 0.05) is 27.1 Å². The Morgan fingerprint density at radius 3 is 2.50 bits per heavy atom. The Kier molecular flexibility index (Phi) is 9.03. The van der Waals surface area contributed by atoms with Gasteiger partial charge in [0.05, 0.1) is 4.90 Å². The number of rotatable bonds is 7. The van der Waals surface area contributed by atoms with Gasteiger partial charge in [-0.25, -0.2) is 12.7 Å². The molecule has 1 heterocycles. The van der Waals surface area contributed by atoms with Gasteiger partial charge >= 0.3 is 0 Å². The molecule has 26 heavy (non-hydrogen) atoms. The molecule has 8 heteroatoms. The van der Waals surface area contributed by atoms with E-state index in [9.17, 15) is 13.2 Å². The molecule has 6 nitrogen and oxygen atoms in total. The summed E-state index contributed by atoms with van der Waals surface area (Å²) in [5.74, 6) is 0.971. The van der Waals surface area contributed by atoms with Gasteiger partial charge in [0.25, 0.3) is 0 Å². The van der Waals surface area contributed by atoms with Gasteiger partial charge in [-0.3, -0.25) is 4.79 Å². The number of hydrogen-bond donors (Lipinski definition) is 2. The lowest BCUT2D eigenvalue weighted by molar-refractivity contribution is -0.122. The summed E-state index contributed by atoms with van der Waals surface area (Å²) in [6.45, 7) is 4.63. The van der Waals surface area contributed by atoms with Crippen LogP contribution in [0.5, 0.6) is 0 Å². The van der Waals surface area contributed by atoms with E-state index in [1.165, 1.54) is 31.2 Å². The monoisotopic (exact) mass is 403 g/mol. The molecule has 1 aliphatic rings. The zero-order chi connectivity index (χ0) is 18.4. The quantitative estimate of drug-likeness (QED) is 0.729. The average molecular weight is 404 g/mol. The number of nitrogens with one attached hydrogen (secondary N) is 2. The second kappa shape index (κ2) is 10.3. The van der Waals surface area contributed by atoms with E-state index in [-0.39, 0.29) is 23.2 Å². The maximum Gasteiger partial charge on any atom is 0.242 e. The van der Waals surface area contributed by atoms with E-state index in [2.05, 4.69) is 17.6 Å². The highest BCUT2D eigenvalue weighted by molar-refractivity contribution is 7.89. The number of piperidine rings is 1. The zero-order valence-electron chi connectivity index (χ0n) is 15.7. The fourth-order valence-corrected chi connectivity index (χ4v) is 3.99. The lowest BCUT2D eigenvalue weighted by atomic mass is 9.85. The molecule has 0 saturated carbocycles. The summed E-state index contributed by atoms with van der Waals surface area (Å²) in [5.41, 5.74) is 0.887. The molecule has 1 amide bonds. The van der Waals surface area contributed by atoms with Crippen molar-refractivity contribution in [3.05, 3.63) is 29.8 Å². The number of nitrogens with zero attached hydrogens (tertiary/aromatic N) is 1. The summed E-state index contributed by atoms with van der Waals surface area (Å²) >= 11 is 0. The van der Waals surface area contributed by atoms with Crippen molar-refractivity contribution in [2.24, 2.45) is 11.8 Å². The van der Waals surface area contributed by atoms with Crippen molar-refractivity contribution in [1.29, 1.82) is 0 Å². The highest BCUT2D eigenvalue weighted by atomic mass is 35.5. The van der Waals surface area contributed by atoms with Gasteiger partial charge in [0.2, 0.25) is 15.9 Å². The molecular weight excluding hydrogens is 374 g/mol. The first-order valence-electron chi connectivity index (χ1n) is 8.79. The lowest BCUT2D eigenvalue weighted by Crippen LogP contribution is -2.35. The SMILES string of the molecule is CC(CC(=O)NCc1ccc(S(=O)(=O)N(C)C)cc1)C1CCCNC1.Cl. The normalized spacial score (nSPS) is 18.8. The minimum absolute atomic E-state index is 0. The van der Waals surface area contributed by atoms with Gasteiger partial charge < -0.3 is 10.6 Å². The first-order chi connectivity index (χ1) is 11.8. The van der Waals surface area contributed by atoms with Crippen LogP contribution < -0.4 is 10.6 Å². The van der Waals surface area contributed by atoms with Crippen molar-refractivity contribution in [3.63, 3.8) is 0 Å². The summed E-state index contributed by atoms with van der Waals surface area (Å²) in [6, 6.07) is 6.64. The van der Waals surface area contributed by atoms with Gasteiger partial charge in [-0.1, -0.05) is 19.1 Å². The van der Waals surface area contributed by atoms with Crippen molar-refractivity contribution in [1.82, 2.24) is 14.9 Å². The van der Waals surface area contributed by atoms with Crippen LogP contribution in [0.1, 0.15) is 31.7 Å². The molecule has 2 unspecified atom stereocenters. The van der Waals surface area contributed by atoms with Crippen LogP contribution in [0.2, 0.25) is 0 Å². The molecule has 2 N–H and O–H groups in total. The maximum atomic E-state index is 12.2. The molecule has 148 valence electrons. The highest BCUT2D eigenvalue weighted by Gasteiger charge is 2.22. The Hall–Kier alpha value is -1.15. The molecule has 2 atom stereocenters. The molecule has 2 rings (SSSR count). The van der Waals surface area contributed by atoms with Crippen LogP contribution >= 0.6 is 12.4 Å². The molecule has 1 aliphatic heterocycles. The lowest BCUT2D eigenvalue weighted by Gasteiger charge is -2.28. The van der Waals surface area contributed by atoms with Crippen molar-refractivity contribution in [2.45, 2.75) is 37.6 Å². The smallest absolute Gasteiger partial charge is 0.242 e. The molecule has 0 aliphatic carbocycles. The number of halogens is 1. The summed E-state index contributed by atoms with van der Waals surface area (Å²) in [6.07, 6.45) is 2.89. The Morgan fingerprint density at radius 2 is 1.96 bits per heavy atom. The number of carbonyl (C=O) groups is 1. The minimum atomic E-state index is -3.41. The van der Waals surface area contributed by atoms with Crippen LogP contribution in [0, 0.1) is 11.8 Å². The maximum absolute atomic E-state index is 12.2. The number of hydrogen-bond acceptors (Lipinski definition) is 4. The molecule has 0 aromatic heterocycles. The van der Waals surface area contributed by atoms with Crippen molar-refractivity contribution in [2.75, 3.05) is 27.2 Å². The van der Waals surface area contributed by atoms with Crippen molar-refractivity contribution < 1.29 is 13.2 Å². The largest absolute Gasteiger partial charge is 0.352 e. The predicted molar refractivity (Wildman–Crippen MR) is 106 cm³/mol. The van der Waals surface area contributed by atoms with Gasteiger partial charge in [-0.05, 0) is 55.5 Å². The number of benzene rings is 1. The highest BCUT2D eigenvalue weighted by Crippen LogP contribution is 2.22.